The Morgan fingerprint density at radius 3 is 1.01 bits per heavy atom. The summed E-state index contributed by atoms with van der Waals surface area (Å²) in [5.74, 6) is -0.774. The van der Waals surface area contributed by atoms with E-state index in [1.54, 1.807) is 0 Å². The minimum absolute atomic E-state index is 0.0364. The SMILES string of the molecule is CCCCCCCCCC/C=C\CCCCCCCCCCCCCCCCCCCCCC(=O)OC(COC(=O)CCCCCCCCCCCCCCCCCCCC)COP(=O)(O)OCC[N+](C)(C)C. The smallest absolute Gasteiger partial charge is 0.462 e. The van der Waals surface area contributed by atoms with Crippen LogP contribution in [0.25, 0.3) is 0 Å². The van der Waals surface area contributed by atoms with E-state index >= 15 is 0 Å². The number of hydrogen-bond acceptors (Lipinski definition) is 7. The van der Waals surface area contributed by atoms with Crippen molar-refractivity contribution in [1.29, 1.82) is 0 Å². The number of ether oxygens (including phenoxy) is 2. The molecule has 0 rings (SSSR count). The first-order valence-electron chi connectivity index (χ1n) is 31.9. The van der Waals surface area contributed by atoms with Crippen LogP contribution in [0.3, 0.4) is 0 Å². The van der Waals surface area contributed by atoms with E-state index in [-0.39, 0.29) is 25.6 Å². The normalized spacial score (nSPS) is 13.2. The summed E-state index contributed by atoms with van der Waals surface area (Å²) in [6.45, 7) is 4.50. The molecule has 1 N–H and O–H groups in total. The molecule has 0 aromatic heterocycles. The molecule has 0 aromatic rings. The van der Waals surface area contributed by atoms with Gasteiger partial charge in [-0.2, -0.15) is 0 Å². The van der Waals surface area contributed by atoms with Crippen molar-refractivity contribution in [1.82, 2.24) is 0 Å². The Bertz CT molecular complexity index is 1240. The van der Waals surface area contributed by atoms with Gasteiger partial charge < -0.3 is 18.9 Å². The molecule has 10 heteroatoms. The molecule has 0 spiro atoms. The largest absolute Gasteiger partial charge is 0.472 e. The van der Waals surface area contributed by atoms with Crippen LogP contribution in [0.5, 0.6) is 0 Å². The highest BCUT2D eigenvalue weighted by Crippen LogP contribution is 2.43. The van der Waals surface area contributed by atoms with E-state index in [4.69, 9.17) is 18.5 Å². The minimum Gasteiger partial charge on any atom is -0.462 e. The number of likely N-dealkylation sites (N-methyl/N-ethyl adjacent to an activating group) is 1. The number of esters is 2. The second-order valence-corrected chi connectivity index (χ2v) is 24.6. The molecule has 0 amide bonds. The van der Waals surface area contributed by atoms with E-state index in [1.165, 1.54) is 263 Å². The maximum atomic E-state index is 12.8. The van der Waals surface area contributed by atoms with Gasteiger partial charge in [0.2, 0.25) is 0 Å². The monoisotopic (exact) mass is 1050 g/mol. The van der Waals surface area contributed by atoms with Crippen LogP contribution in [0, 0.1) is 0 Å². The number of carbonyl (C=O) groups excluding carboxylic acids is 2. The van der Waals surface area contributed by atoms with Gasteiger partial charge in [0.25, 0.3) is 0 Å². The summed E-state index contributed by atoms with van der Waals surface area (Å²) in [6.07, 6.45) is 65.9. The van der Waals surface area contributed by atoms with Crippen molar-refractivity contribution in [2.45, 2.75) is 335 Å². The van der Waals surface area contributed by atoms with Crippen LogP contribution in [-0.2, 0) is 32.7 Å². The lowest BCUT2D eigenvalue weighted by atomic mass is 10.0. The number of carbonyl (C=O) groups is 2. The fraction of sp³-hybridized carbons (Fsp3) is 0.937. The molecule has 0 fully saturated rings. The van der Waals surface area contributed by atoms with Crippen LogP contribution in [-0.4, -0.2) is 74.9 Å². The third-order valence-corrected chi connectivity index (χ3v) is 15.5. The molecular weight excluding hydrogens is 930 g/mol. The number of quaternary nitrogens is 1. The standard InChI is InChI=1S/C63H124NO8P/c1-6-8-10-12-14-16-18-20-22-24-26-27-28-29-30-31-32-33-34-35-36-37-38-40-42-44-46-48-50-52-54-56-63(66)72-61(60-71-73(67,68)70-58-57-64(3,4)5)59-69-62(65)55-53-51-49-47-45-43-41-39-25-23-21-19-17-15-13-11-9-7-2/h24,26,61H,6-23,25,27-60H2,1-5H3/p+1/b26-24-. The molecule has 9 nitrogen and oxygen atoms in total. The zero-order chi connectivity index (χ0) is 53.5. The minimum atomic E-state index is -4.38. The third kappa shape index (κ3) is 59.8. The zero-order valence-corrected chi connectivity index (χ0v) is 50.3. The number of allylic oxidation sites excluding steroid dienone is 2. The predicted octanol–water partition coefficient (Wildman–Crippen LogP) is 20.0. The highest BCUT2D eigenvalue weighted by atomic mass is 31.2. The third-order valence-electron chi connectivity index (χ3n) is 14.5. The molecular formula is C63H125NO8P+. The Morgan fingerprint density at radius 2 is 0.699 bits per heavy atom. The van der Waals surface area contributed by atoms with Crippen molar-refractivity contribution in [3.8, 4) is 0 Å². The van der Waals surface area contributed by atoms with Gasteiger partial charge in [0, 0.05) is 12.8 Å². The summed E-state index contributed by atoms with van der Waals surface area (Å²) in [7, 11) is 1.50. The van der Waals surface area contributed by atoms with E-state index in [0.717, 1.165) is 38.5 Å². The Balaban J connectivity index is 4.00. The number of nitrogens with zero attached hydrogens (tertiary/aromatic N) is 1. The van der Waals surface area contributed by atoms with Crippen LogP contribution in [0.15, 0.2) is 12.2 Å². The number of hydrogen-bond donors (Lipinski definition) is 1. The Morgan fingerprint density at radius 1 is 0.411 bits per heavy atom. The Hall–Kier alpha value is -1.25. The van der Waals surface area contributed by atoms with Gasteiger partial charge in [-0.3, -0.25) is 18.6 Å². The summed E-state index contributed by atoms with van der Waals surface area (Å²) in [4.78, 5) is 35.7. The molecule has 0 aromatic carbocycles. The first kappa shape index (κ1) is 71.8. The molecule has 0 bridgehead atoms. The summed E-state index contributed by atoms with van der Waals surface area (Å²) >= 11 is 0. The van der Waals surface area contributed by atoms with Crippen molar-refractivity contribution < 1.29 is 42.1 Å². The van der Waals surface area contributed by atoms with Gasteiger partial charge in [0.1, 0.15) is 19.8 Å². The van der Waals surface area contributed by atoms with Gasteiger partial charge in [-0.05, 0) is 38.5 Å². The summed E-state index contributed by atoms with van der Waals surface area (Å²) in [5.41, 5.74) is 0. The van der Waals surface area contributed by atoms with Gasteiger partial charge in [-0.25, -0.2) is 4.57 Å². The number of unbranched alkanes of at least 4 members (excludes halogenated alkanes) is 44. The zero-order valence-electron chi connectivity index (χ0n) is 49.4. The molecule has 0 radical (unpaired) electrons. The van der Waals surface area contributed by atoms with Crippen molar-refractivity contribution >= 4 is 19.8 Å². The average Bonchev–Trinajstić information content (AvgIpc) is 3.35. The first-order valence-corrected chi connectivity index (χ1v) is 33.4. The second-order valence-electron chi connectivity index (χ2n) is 23.2. The number of rotatable bonds is 60. The van der Waals surface area contributed by atoms with Crippen molar-refractivity contribution in [3.63, 3.8) is 0 Å². The van der Waals surface area contributed by atoms with Gasteiger partial charge in [0.15, 0.2) is 6.10 Å². The Kier molecular flexibility index (Phi) is 54.6. The van der Waals surface area contributed by atoms with Crippen molar-refractivity contribution in [2.75, 3.05) is 47.5 Å². The fourth-order valence-corrected chi connectivity index (χ4v) is 10.3. The molecule has 0 saturated carbocycles. The van der Waals surface area contributed by atoms with E-state index < -0.39 is 26.5 Å². The van der Waals surface area contributed by atoms with Crippen molar-refractivity contribution in [2.24, 2.45) is 0 Å². The van der Waals surface area contributed by atoms with Gasteiger partial charge in [-0.15, -0.1) is 0 Å². The van der Waals surface area contributed by atoms with Gasteiger partial charge in [0.05, 0.1) is 27.7 Å². The summed E-state index contributed by atoms with van der Waals surface area (Å²) in [5, 5.41) is 0. The molecule has 0 saturated heterocycles. The molecule has 2 unspecified atom stereocenters. The van der Waals surface area contributed by atoms with E-state index in [2.05, 4.69) is 26.0 Å². The number of phosphoric acid groups is 1. The van der Waals surface area contributed by atoms with Crippen LogP contribution in [0.4, 0.5) is 0 Å². The maximum absolute atomic E-state index is 12.8. The Labute approximate surface area is 454 Å². The second kappa shape index (κ2) is 55.5. The highest BCUT2D eigenvalue weighted by Gasteiger charge is 2.27. The lowest BCUT2D eigenvalue weighted by Gasteiger charge is -2.24. The molecule has 73 heavy (non-hydrogen) atoms. The van der Waals surface area contributed by atoms with Crippen LogP contribution < -0.4 is 0 Å². The van der Waals surface area contributed by atoms with E-state index in [0.29, 0.717) is 17.4 Å². The molecule has 0 aliphatic heterocycles. The topological polar surface area (TPSA) is 108 Å². The van der Waals surface area contributed by atoms with E-state index in [1.807, 2.05) is 21.1 Å². The molecule has 2 atom stereocenters. The quantitative estimate of drug-likeness (QED) is 0.0211. The highest BCUT2D eigenvalue weighted by molar-refractivity contribution is 7.47. The van der Waals surface area contributed by atoms with Crippen LogP contribution in [0.2, 0.25) is 0 Å². The predicted molar refractivity (Wildman–Crippen MR) is 312 cm³/mol. The molecule has 0 heterocycles. The fourth-order valence-electron chi connectivity index (χ4n) is 9.60. The van der Waals surface area contributed by atoms with Gasteiger partial charge >= 0.3 is 19.8 Å². The van der Waals surface area contributed by atoms with Crippen LogP contribution >= 0.6 is 7.82 Å². The number of phosphoric ester groups is 1. The average molecular weight is 1060 g/mol. The molecule has 0 aliphatic carbocycles. The summed E-state index contributed by atoms with van der Waals surface area (Å²) < 4.78 is 34.6. The first-order chi connectivity index (χ1) is 35.5. The lowest BCUT2D eigenvalue weighted by molar-refractivity contribution is -0.870. The van der Waals surface area contributed by atoms with E-state index in [9.17, 15) is 19.0 Å². The maximum Gasteiger partial charge on any atom is 0.472 e. The van der Waals surface area contributed by atoms with Crippen molar-refractivity contribution in [3.05, 3.63) is 12.2 Å². The van der Waals surface area contributed by atoms with Crippen LogP contribution in [0.1, 0.15) is 328 Å². The van der Waals surface area contributed by atoms with Gasteiger partial charge in [-0.1, -0.05) is 289 Å². The molecule has 434 valence electrons. The lowest BCUT2D eigenvalue weighted by Crippen LogP contribution is -2.37. The molecule has 0 aliphatic rings. The summed E-state index contributed by atoms with van der Waals surface area (Å²) in [6, 6.07) is 0.